The summed E-state index contributed by atoms with van der Waals surface area (Å²) in [4.78, 5) is 12.4. The minimum Gasteiger partial charge on any atom is -0.483 e. The summed E-state index contributed by atoms with van der Waals surface area (Å²) in [7, 11) is 0. The van der Waals surface area contributed by atoms with Crippen LogP contribution in [0.5, 0.6) is 5.75 Å². The molecular weight excluding hydrogens is 390 g/mol. The van der Waals surface area contributed by atoms with Gasteiger partial charge in [-0.1, -0.05) is 48.0 Å². The van der Waals surface area contributed by atoms with Crippen LogP contribution in [-0.4, -0.2) is 26.5 Å². The number of nitrogens with zero attached hydrogens (tertiary/aromatic N) is 3. The number of amides is 1. The summed E-state index contributed by atoms with van der Waals surface area (Å²) in [5, 5.41) is 18.9. The Labute approximate surface area is 171 Å². The smallest absolute Gasteiger partial charge is 0.248 e. The molecular formula is C21H16ClN5O2. The maximum Gasteiger partial charge on any atom is 0.248 e. The lowest BCUT2D eigenvalue weighted by molar-refractivity contribution is -0.111. The van der Waals surface area contributed by atoms with E-state index in [0.717, 1.165) is 16.3 Å². The van der Waals surface area contributed by atoms with Gasteiger partial charge in [0.2, 0.25) is 5.91 Å². The van der Waals surface area contributed by atoms with Gasteiger partial charge in [-0.25, -0.2) is 5.10 Å². The summed E-state index contributed by atoms with van der Waals surface area (Å²) in [6.45, 7) is 0.129. The molecule has 1 amide bonds. The lowest BCUT2D eigenvalue weighted by Gasteiger charge is -2.11. The molecule has 7 nitrogen and oxygen atoms in total. The summed E-state index contributed by atoms with van der Waals surface area (Å²) in [5.41, 5.74) is 1.39. The van der Waals surface area contributed by atoms with Crippen LogP contribution in [0.25, 0.3) is 16.8 Å². The molecule has 0 bridgehead atoms. The van der Waals surface area contributed by atoms with Gasteiger partial charge in [-0.15, -0.1) is 5.10 Å². The van der Waals surface area contributed by atoms with E-state index in [-0.39, 0.29) is 12.5 Å². The van der Waals surface area contributed by atoms with Crippen molar-refractivity contribution in [3.05, 3.63) is 83.2 Å². The molecule has 144 valence electrons. The molecule has 0 radical (unpaired) electrons. The largest absolute Gasteiger partial charge is 0.483 e. The Kier molecular flexibility index (Phi) is 5.49. The first-order valence-corrected chi connectivity index (χ1v) is 9.18. The summed E-state index contributed by atoms with van der Waals surface area (Å²) in [5.74, 6) is 0.623. The quantitative estimate of drug-likeness (QED) is 0.468. The molecule has 3 aromatic carbocycles. The Hall–Kier alpha value is -3.71. The Morgan fingerprint density at radius 1 is 1.10 bits per heavy atom. The maximum atomic E-state index is 12.4. The van der Waals surface area contributed by atoms with E-state index < -0.39 is 0 Å². The Balaban J connectivity index is 1.46. The van der Waals surface area contributed by atoms with E-state index in [1.165, 1.54) is 6.08 Å². The van der Waals surface area contributed by atoms with Gasteiger partial charge < -0.3 is 10.1 Å². The van der Waals surface area contributed by atoms with E-state index in [0.29, 0.717) is 22.3 Å². The summed E-state index contributed by atoms with van der Waals surface area (Å²) in [6.07, 6.45) is 3.22. The van der Waals surface area contributed by atoms with Gasteiger partial charge in [0.1, 0.15) is 12.4 Å². The number of carbonyl (C=O) groups is 1. The zero-order valence-electron chi connectivity index (χ0n) is 15.2. The molecule has 0 saturated carbocycles. The third kappa shape index (κ3) is 4.77. The fraction of sp³-hybridized carbons (Fsp3) is 0.0476. The third-order valence-electron chi connectivity index (χ3n) is 4.15. The Morgan fingerprint density at radius 3 is 2.79 bits per heavy atom. The lowest BCUT2D eigenvalue weighted by atomic mass is 10.1. The summed E-state index contributed by atoms with van der Waals surface area (Å²) >= 11 is 6.07. The number of benzene rings is 3. The first-order valence-electron chi connectivity index (χ1n) is 8.80. The minimum atomic E-state index is -0.299. The van der Waals surface area contributed by atoms with Crippen LogP contribution in [0.4, 0.5) is 5.69 Å². The van der Waals surface area contributed by atoms with Crippen molar-refractivity contribution in [3.8, 4) is 5.75 Å². The van der Waals surface area contributed by atoms with Crippen LogP contribution in [0.3, 0.4) is 0 Å². The van der Waals surface area contributed by atoms with Crippen molar-refractivity contribution in [3.63, 3.8) is 0 Å². The third-order valence-corrected chi connectivity index (χ3v) is 4.39. The van der Waals surface area contributed by atoms with Crippen molar-refractivity contribution in [2.24, 2.45) is 0 Å². The molecule has 0 unspecified atom stereocenters. The van der Waals surface area contributed by atoms with Crippen molar-refractivity contribution in [2.45, 2.75) is 6.61 Å². The molecule has 0 spiro atoms. The van der Waals surface area contributed by atoms with Crippen LogP contribution < -0.4 is 10.1 Å². The van der Waals surface area contributed by atoms with Gasteiger partial charge in [0.15, 0.2) is 5.82 Å². The second kappa shape index (κ2) is 8.53. The van der Waals surface area contributed by atoms with Crippen LogP contribution in [0.1, 0.15) is 11.4 Å². The van der Waals surface area contributed by atoms with E-state index in [1.54, 1.807) is 24.3 Å². The number of carbonyl (C=O) groups excluding carboxylic acids is 1. The lowest BCUT2D eigenvalue weighted by Crippen LogP contribution is -2.10. The number of anilines is 1. The molecule has 4 rings (SSSR count). The predicted molar refractivity (Wildman–Crippen MR) is 112 cm³/mol. The van der Waals surface area contributed by atoms with E-state index in [1.807, 2.05) is 42.5 Å². The fourth-order valence-electron chi connectivity index (χ4n) is 2.77. The number of fused-ring (bicyclic) bond motifs is 1. The molecule has 2 N–H and O–H groups in total. The molecule has 1 heterocycles. The number of hydrogen-bond acceptors (Lipinski definition) is 5. The SMILES string of the molecule is O=C(/C=C/c1ccc2ccccc2c1)Nc1cc(Cl)ccc1OCc1nnn[nH]1. The number of H-pyrrole nitrogens is 1. The number of aromatic nitrogens is 4. The van der Waals surface area contributed by atoms with E-state index in [4.69, 9.17) is 16.3 Å². The van der Waals surface area contributed by atoms with Gasteiger partial charge >= 0.3 is 0 Å². The van der Waals surface area contributed by atoms with Gasteiger partial charge in [-0.3, -0.25) is 4.79 Å². The van der Waals surface area contributed by atoms with E-state index >= 15 is 0 Å². The number of nitrogens with one attached hydrogen (secondary N) is 2. The van der Waals surface area contributed by atoms with Crippen molar-refractivity contribution in [1.82, 2.24) is 20.6 Å². The first-order chi connectivity index (χ1) is 14.2. The van der Waals surface area contributed by atoms with Crippen molar-refractivity contribution in [1.29, 1.82) is 0 Å². The van der Waals surface area contributed by atoms with Crippen LogP contribution in [-0.2, 0) is 11.4 Å². The number of hydrogen-bond donors (Lipinski definition) is 2. The average Bonchev–Trinajstić information content (AvgIpc) is 3.25. The summed E-state index contributed by atoms with van der Waals surface area (Å²) < 4.78 is 5.68. The van der Waals surface area contributed by atoms with Crippen molar-refractivity contribution in [2.75, 3.05) is 5.32 Å². The molecule has 0 aliphatic rings. The number of aromatic amines is 1. The van der Waals surface area contributed by atoms with Crippen LogP contribution >= 0.6 is 11.6 Å². The molecule has 8 heteroatoms. The molecule has 0 fully saturated rings. The standard InChI is InChI=1S/C21H16ClN5O2/c22-17-8-9-19(29-13-20-24-26-27-25-20)18(12-17)23-21(28)10-6-14-5-7-15-3-1-2-4-16(15)11-14/h1-12H,13H2,(H,23,28)(H,24,25,26,27)/b10-6+. The maximum absolute atomic E-state index is 12.4. The average molecular weight is 406 g/mol. The van der Waals surface area contributed by atoms with Crippen LogP contribution in [0, 0.1) is 0 Å². The Bertz CT molecular complexity index is 1170. The topological polar surface area (TPSA) is 92.8 Å². The fourth-order valence-corrected chi connectivity index (χ4v) is 2.94. The second-order valence-corrected chi connectivity index (χ2v) is 6.64. The number of tetrazole rings is 1. The normalized spacial score (nSPS) is 11.1. The van der Waals surface area contributed by atoms with Gasteiger partial charge in [0.05, 0.1) is 5.69 Å². The van der Waals surface area contributed by atoms with Gasteiger partial charge in [-0.05, 0) is 57.1 Å². The molecule has 1 aromatic heterocycles. The zero-order valence-corrected chi connectivity index (χ0v) is 15.9. The molecule has 4 aromatic rings. The number of ether oxygens (including phenoxy) is 1. The highest BCUT2D eigenvalue weighted by Gasteiger charge is 2.09. The highest BCUT2D eigenvalue weighted by molar-refractivity contribution is 6.31. The predicted octanol–water partition coefficient (Wildman–Crippen LogP) is 4.24. The van der Waals surface area contributed by atoms with E-state index in [9.17, 15) is 4.79 Å². The molecule has 29 heavy (non-hydrogen) atoms. The zero-order chi connectivity index (χ0) is 20.1. The number of halogens is 1. The summed E-state index contributed by atoms with van der Waals surface area (Å²) in [6, 6.07) is 19.0. The molecule has 0 aliphatic carbocycles. The van der Waals surface area contributed by atoms with E-state index in [2.05, 4.69) is 25.9 Å². The van der Waals surface area contributed by atoms with Gasteiger partial charge in [0, 0.05) is 11.1 Å². The molecule has 0 atom stereocenters. The monoisotopic (exact) mass is 405 g/mol. The first kappa shape index (κ1) is 18.6. The highest BCUT2D eigenvalue weighted by atomic mass is 35.5. The van der Waals surface area contributed by atoms with Crippen molar-refractivity contribution >= 4 is 40.0 Å². The molecule has 0 saturated heterocycles. The van der Waals surface area contributed by atoms with Gasteiger partial charge in [0.25, 0.3) is 0 Å². The van der Waals surface area contributed by atoms with Crippen LogP contribution in [0.15, 0.2) is 66.7 Å². The van der Waals surface area contributed by atoms with Crippen molar-refractivity contribution < 1.29 is 9.53 Å². The second-order valence-electron chi connectivity index (χ2n) is 6.21. The number of rotatable bonds is 6. The highest BCUT2D eigenvalue weighted by Crippen LogP contribution is 2.28. The minimum absolute atomic E-state index is 0.129. The Morgan fingerprint density at radius 2 is 1.97 bits per heavy atom. The van der Waals surface area contributed by atoms with Crippen LogP contribution in [0.2, 0.25) is 5.02 Å². The van der Waals surface area contributed by atoms with Gasteiger partial charge in [-0.2, -0.15) is 0 Å². The molecule has 0 aliphatic heterocycles.